The molecule has 1 amide bonds. The molecule has 0 bridgehead atoms. The van der Waals surface area contributed by atoms with Crippen molar-refractivity contribution in [1.82, 2.24) is 5.32 Å². The van der Waals surface area contributed by atoms with Gasteiger partial charge in [0.2, 0.25) is 5.91 Å². The van der Waals surface area contributed by atoms with E-state index in [4.69, 9.17) is 4.74 Å². The van der Waals surface area contributed by atoms with Gasteiger partial charge in [-0.25, -0.2) is 0 Å². The first-order valence-electron chi connectivity index (χ1n) is 8.63. The molecule has 2 aromatic rings. The normalized spacial score (nSPS) is 19.4. The maximum absolute atomic E-state index is 11.2. The second-order valence-electron chi connectivity index (χ2n) is 6.58. The van der Waals surface area contributed by atoms with E-state index in [1.54, 1.807) is 14.0 Å². The fraction of sp³-hybridized carbons (Fsp3) is 0.381. The first-order valence-corrected chi connectivity index (χ1v) is 8.63. The molecule has 1 aliphatic rings. The molecule has 3 nitrogen and oxygen atoms in total. The summed E-state index contributed by atoms with van der Waals surface area (Å²) in [6.07, 6.45) is 3.15. The largest absolute Gasteiger partial charge is 0.497 e. The van der Waals surface area contributed by atoms with E-state index in [0.29, 0.717) is 11.8 Å². The molecule has 0 aromatic heterocycles. The van der Waals surface area contributed by atoms with E-state index in [-0.39, 0.29) is 5.91 Å². The lowest BCUT2D eigenvalue weighted by molar-refractivity contribution is -0.118. The first kappa shape index (κ1) is 16.6. The molecule has 2 atom stereocenters. The Kier molecular flexibility index (Phi) is 5.19. The third kappa shape index (κ3) is 3.78. The van der Waals surface area contributed by atoms with Crippen molar-refractivity contribution < 1.29 is 9.53 Å². The SMILES string of the molecule is COc1ccc2c(c1)[C@H](CCNC(C)=O)C[C@@H](c1ccccc1)C2. The first-order chi connectivity index (χ1) is 11.7. The van der Waals surface area contributed by atoms with Crippen LogP contribution in [-0.2, 0) is 11.2 Å². The molecule has 0 saturated heterocycles. The van der Waals surface area contributed by atoms with Crippen LogP contribution in [0.2, 0.25) is 0 Å². The van der Waals surface area contributed by atoms with Crippen molar-refractivity contribution in [2.24, 2.45) is 0 Å². The Balaban J connectivity index is 1.85. The molecule has 0 radical (unpaired) electrons. The minimum atomic E-state index is 0.0382. The van der Waals surface area contributed by atoms with Crippen LogP contribution in [0.4, 0.5) is 0 Å². The van der Waals surface area contributed by atoms with Gasteiger partial charge in [-0.1, -0.05) is 36.4 Å². The Bertz CT molecular complexity index is 696. The van der Waals surface area contributed by atoms with Gasteiger partial charge < -0.3 is 10.1 Å². The number of fused-ring (bicyclic) bond motifs is 1. The number of carbonyl (C=O) groups excluding carboxylic acids is 1. The topological polar surface area (TPSA) is 38.3 Å². The van der Waals surface area contributed by atoms with Crippen molar-refractivity contribution >= 4 is 5.91 Å². The summed E-state index contributed by atoms with van der Waals surface area (Å²) in [5, 5.41) is 2.94. The Morgan fingerprint density at radius 3 is 2.71 bits per heavy atom. The average molecular weight is 323 g/mol. The van der Waals surface area contributed by atoms with Crippen LogP contribution in [0, 0.1) is 0 Å². The Morgan fingerprint density at radius 1 is 1.21 bits per heavy atom. The van der Waals surface area contributed by atoms with Crippen LogP contribution in [0.1, 0.15) is 48.3 Å². The molecular formula is C21H25NO2. The van der Waals surface area contributed by atoms with Crippen molar-refractivity contribution in [1.29, 1.82) is 0 Å². The number of hydrogen-bond donors (Lipinski definition) is 1. The molecule has 0 fully saturated rings. The fourth-order valence-corrected chi connectivity index (χ4v) is 3.76. The van der Waals surface area contributed by atoms with Crippen LogP contribution < -0.4 is 10.1 Å². The van der Waals surface area contributed by atoms with Crippen molar-refractivity contribution in [3.8, 4) is 5.75 Å². The smallest absolute Gasteiger partial charge is 0.216 e. The predicted molar refractivity (Wildman–Crippen MR) is 96.5 cm³/mol. The number of benzene rings is 2. The maximum Gasteiger partial charge on any atom is 0.216 e. The van der Waals surface area contributed by atoms with E-state index < -0.39 is 0 Å². The third-order valence-electron chi connectivity index (χ3n) is 4.97. The summed E-state index contributed by atoms with van der Waals surface area (Å²) in [5.41, 5.74) is 4.19. The highest BCUT2D eigenvalue weighted by Gasteiger charge is 2.28. The van der Waals surface area contributed by atoms with Gasteiger partial charge in [-0.2, -0.15) is 0 Å². The lowest BCUT2D eigenvalue weighted by atomic mass is 9.73. The quantitative estimate of drug-likeness (QED) is 0.902. The van der Waals surface area contributed by atoms with Crippen molar-refractivity contribution in [3.05, 3.63) is 65.2 Å². The second-order valence-corrected chi connectivity index (χ2v) is 6.58. The summed E-state index contributed by atoms with van der Waals surface area (Å²) in [7, 11) is 1.71. The van der Waals surface area contributed by atoms with E-state index in [1.165, 1.54) is 16.7 Å². The number of carbonyl (C=O) groups is 1. The van der Waals surface area contributed by atoms with E-state index in [2.05, 4.69) is 53.8 Å². The van der Waals surface area contributed by atoms with Gasteiger partial charge in [-0.3, -0.25) is 4.79 Å². The molecule has 0 heterocycles. The fourth-order valence-electron chi connectivity index (χ4n) is 3.76. The van der Waals surface area contributed by atoms with Crippen molar-refractivity contribution in [2.75, 3.05) is 13.7 Å². The highest BCUT2D eigenvalue weighted by molar-refractivity contribution is 5.72. The van der Waals surface area contributed by atoms with Gasteiger partial charge in [0.15, 0.2) is 0 Å². The van der Waals surface area contributed by atoms with Crippen molar-refractivity contribution in [2.45, 2.75) is 38.0 Å². The standard InChI is InChI=1S/C21H25NO2/c1-15(23)22-11-10-18-13-19(16-6-4-3-5-7-16)12-17-8-9-20(24-2)14-21(17)18/h3-9,14,18-19H,10-13H2,1-2H3,(H,22,23)/t18-,19+/m1/s1. The summed E-state index contributed by atoms with van der Waals surface area (Å²) in [6.45, 7) is 2.29. The number of amides is 1. The lowest BCUT2D eigenvalue weighted by Crippen LogP contribution is -2.25. The van der Waals surface area contributed by atoms with E-state index in [0.717, 1.165) is 31.6 Å². The van der Waals surface area contributed by atoms with Crippen LogP contribution in [-0.4, -0.2) is 19.6 Å². The predicted octanol–water partition coefficient (Wildman–Crippen LogP) is 4.04. The number of hydrogen-bond acceptors (Lipinski definition) is 2. The lowest BCUT2D eigenvalue weighted by Gasteiger charge is -2.32. The van der Waals surface area contributed by atoms with Crippen molar-refractivity contribution in [3.63, 3.8) is 0 Å². The van der Waals surface area contributed by atoms with Gasteiger partial charge in [0, 0.05) is 13.5 Å². The van der Waals surface area contributed by atoms with E-state index in [9.17, 15) is 4.79 Å². The Hall–Kier alpha value is -2.29. The minimum Gasteiger partial charge on any atom is -0.497 e. The Labute approximate surface area is 144 Å². The summed E-state index contributed by atoms with van der Waals surface area (Å²) >= 11 is 0. The highest BCUT2D eigenvalue weighted by atomic mass is 16.5. The number of methoxy groups -OCH3 is 1. The monoisotopic (exact) mass is 323 g/mol. The van der Waals surface area contributed by atoms with Gasteiger partial charge in [0.05, 0.1) is 7.11 Å². The summed E-state index contributed by atoms with van der Waals surface area (Å²) in [6, 6.07) is 17.2. The van der Waals surface area contributed by atoms with Gasteiger partial charge in [-0.05, 0) is 59.9 Å². The minimum absolute atomic E-state index is 0.0382. The van der Waals surface area contributed by atoms with Crippen LogP contribution in [0.15, 0.2) is 48.5 Å². The molecule has 24 heavy (non-hydrogen) atoms. The number of rotatable bonds is 5. The summed E-state index contributed by atoms with van der Waals surface area (Å²) in [5.74, 6) is 1.93. The third-order valence-corrected chi connectivity index (χ3v) is 4.97. The molecule has 2 aromatic carbocycles. The molecule has 126 valence electrons. The molecule has 0 spiro atoms. The van der Waals surface area contributed by atoms with E-state index >= 15 is 0 Å². The average Bonchev–Trinajstić information content (AvgIpc) is 2.61. The Morgan fingerprint density at radius 2 is 2.00 bits per heavy atom. The zero-order valence-corrected chi connectivity index (χ0v) is 14.4. The molecule has 1 N–H and O–H groups in total. The zero-order valence-electron chi connectivity index (χ0n) is 14.4. The maximum atomic E-state index is 11.2. The molecule has 0 unspecified atom stereocenters. The van der Waals surface area contributed by atoms with Gasteiger partial charge in [0.25, 0.3) is 0 Å². The highest BCUT2D eigenvalue weighted by Crippen LogP contribution is 2.42. The summed E-state index contributed by atoms with van der Waals surface area (Å²) in [4.78, 5) is 11.2. The zero-order chi connectivity index (χ0) is 16.9. The second kappa shape index (κ2) is 7.52. The molecule has 3 rings (SSSR count). The van der Waals surface area contributed by atoms with Crippen LogP contribution in [0.25, 0.3) is 0 Å². The van der Waals surface area contributed by atoms with E-state index in [1.807, 2.05) is 0 Å². The summed E-state index contributed by atoms with van der Waals surface area (Å²) < 4.78 is 5.41. The van der Waals surface area contributed by atoms with Gasteiger partial charge in [0.1, 0.15) is 5.75 Å². The van der Waals surface area contributed by atoms with Gasteiger partial charge in [-0.15, -0.1) is 0 Å². The van der Waals surface area contributed by atoms with Crippen LogP contribution in [0.5, 0.6) is 5.75 Å². The molecule has 0 aliphatic heterocycles. The molecule has 3 heteroatoms. The number of ether oxygens (including phenoxy) is 1. The van der Waals surface area contributed by atoms with Crippen LogP contribution in [0.3, 0.4) is 0 Å². The van der Waals surface area contributed by atoms with Gasteiger partial charge >= 0.3 is 0 Å². The molecule has 1 aliphatic carbocycles. The molecule has 0 saturated carbocycles. The molecular weight excluding hydrogens is 298 g/mol. The van der Waals surface area contributed by atoms with Crippen LogP contribution >= 0.6 is 0 Å². The number of nitrogens with one attached hydrogen (secondary N) is 1.